The number of carbonyl (C=O) groups excluding carboxylic acids is 3. The Morgan fingerprint density at radius 2 is 1.97 bits per heavy atom. The van der Waals surface area contributed by atoms with Gasteiger partial charge < -0.3 is 14.8 Å². The van der Waals surface area contributed by atoms with E-state index in [0.29, 0.717) is 29.6 Å². The molecule has 1 unspecified atom stereocenters. The van der Waals surface area contributed by atoms with Crippen molar-refractivity contribution in [1.29, 1.82) is 0 Å². The Hall–Kier alpha value is -2.78. The normalized spacial score (nSPS) is 18.2. The lowest BCUT2D eigenvalue weighted by Gasteiger charge is -2.24. The zero-order valence-electron chi connectivity index (χ0n) is 17.8. The first kappa shape index (κ1) is 22.4. The van der Waals surface area contributed by atoms with Crippen LogP contribution >= 0.6 is 23.1 Å². The Bertz CT molecular complexity index is 1050. The van der Waals surface area contributed by atoms with Gasteiger partial charge in [-0.1, -0.05) is 26.0 Å². The van der Waals surface area contributed by atoms with Crippen molar-refractivity contribution in [2.75, 3.05) is 19.8 Å². The molecule has 0 saturated carbocycles. The molecular weight excluding hydrogens is 448 g/mol. The molecule has 0 bridgehead atoms. The monoisotopic (exact) mass is 472 g/mol. The summed E-state index contributed by atoms with van der Waals surface area (Å²) < 4.78 is 11.5. The molecule has 2 aromatic rings. The van der Waals surface area contributed by atoms with Gasteiger partial charge in [-0.2, -0.15) is 0 Å². The van der Waals surface area contributed by atoms with Gasteiger partial charge in [0, 0.05) is 11.3 Å². The third kappa shape index (κ3) is 4.99. The molecule has 3 heterocycles. The van der Waals surface area contributed by atoms with Crippen molar-refractivity contribution in [3.05, 3.63) is 51.1 Å². The number of ether oxygens (including phenoxy) is 2. The van der Waals surface area contributed by atoms with E-state index in [-0.39, 0.29) is 18.5 Å². The number of hydrogen-bond acceptors (Lipinski definition) is 7. The molecule has 1 N–H and O–H groups in total. The Morgan fingerprint density at radius 3 is 2.69 bits per heavy atom. The Morgan fingerprint density at radius 1 is 1.19 bits per heavy atom. The quantitative estimate of drug-likeness (QED) is 0.625. The van der Waals surface area contributed by atoms with E-state index < -0.39 is 17.1 Å². The lowest BCUT2D eigenvalue weighted by molar-refractivity contribution is -0.129. The molecule has 3 amide bonds. The number of fused-ring (bicyclic) bond motifs is 1. The van der Waals surface area contributed by atoms with Crippen LogP contribution in [0.3, 0.4) is 0 Å². The second kappa shape index (κ2) is 9.79. The zero-order valence-corrected chi connectivity index (χ0v) is 19.5. The molecule has 7 nitrogen and oxygen atoms in total. The summed E-state index contributed by atoms with van der Waals surface area (Å²) in [4.78, 5) is 40.0. The van der Waals surface area contributed by atoms with Gasteiger partial charge in [0.1, 0.15) is 6.54 Å². The van der Waals surface area contributed by atoms with E-state index in [1.54, 1.807) is 6.08 Å². The molecule has 1 fully saturated rings. The average Bonchev–Trinajstić information content (AvgIpc) is 3.27. The van der Waals surface area contributed by atoms with E-state index in [2.05, 4.69) is 5.32 Å². The van der Waals surface area contributed by atoms with Gasteiger partial charge in [0.15, 0.2) is 11.5 Å². The van der Waals surface area contributed by atoms with Gasteiger partial charge in [-0.3, -0.25) is 19.3 Å². The minimum Gasteiger partial charge on any atom is -0.490 e. The highest BCUT2D eigenvalue weighted by molar-refractivity contribution is 8.18. The van der Waals surface area contributed by atoms with E-state index in [4.69, 9.17) is 9.47 Å². The molecular formula is C23H24N2O5S2. The van der Waals surface area contributed by atoms with Crippen molar-refractivity contribution >= 4 is 46.2 Å². The summed E-state index contributed by atoms with van der Waals surface area (Å²) in [6, 6.07) is 9.08. The average molecular weight is 473 g/mol. The Labute approximate surface area is 194 Å². The van der Waals surface area contributed by atoms with E-state index >= 15 is 0 Å². The maximum absolute atomic E-state index is 12.8. The van der Waals surface area contributed by atoms with Crippen LogP contribution in [-0.2, 0) is 9.59 Å². The molecule has 32 heavy (non-hydrogen) atoms. The standard InChI is InChI=1S/C23H24N2O5S2/c1-14(2)21(15-6-7-17-18(11-15)30-9-4-8-29-17)24-20(26)13-25-22(27)19(32-23(25)28)12-16-5-3-10-31-16/h3,5-7,10-12,14,21H,4,8-9,13H2,1-2H3,(H,24,26). The van der Waals surface area contributed by atoms with Crippen LogP contribution in [0.15, 0.2) is 40.6 Å². The number of nitrogens with one attached hydrogen (secondary N) is 1. The largest absolute Gasteiger partial charge is 0.490 e. The third-order valence-corrected chi connectivity index (χ3v) is 6.83. The number of amides is 3. The number of carbonyl (C=O) groups is 3. The van der Waals surface area contributed by atoms with Crippen LogP contribution in [0.5, 0.6) is 11.5 Å². The highest BCUT2D eigenvalue weighted by Crippen LogP contribution is 2.35. The molecule has 168 valence electrons. The molecule has 1 aromatic carbocycles. The Balaban J connectivity index is 1.45. The lowest BCUT2D eigenvalue weighted by atomic mass is 9.95. The molecule has 1 saturated heterocycles. The third-order valence-electron chi connectivity index (χ3n) is 5.11. The molecule has 1 atom stereocenters. The fraction of sp³-hybridized carbons (Fsp3) is 0.348. The molecule has 0 aliphatic carbocycles. The van der Waals surface area contributed by atoms with Gasteiger partial charge in [-0.25, -0.2) is 0 Å². The smallest absolute Gasteiger partial charge is 0.294 e. The summed E-state index contributed by atoms with van der Waals surface area (Å²) in [5.74, 6) is 0.591. The van der Waals surface area contributed by atoms with Gasteiger partial charge in [0.25, 0.3) is 11.1 Å². The fourth-order valence-corrected chi connectivity index (χ4v) is 5.07. The number of rotatable bonds is 6. The van der Waals surface area contributed by atoms with Gasteiger partial charge in [-0.05, 0) is 52.9 Å². The van der Waals surface area contributed by atoms with Crippen LogP contribution in [0, 0.1) is 5.92 Å². The number of thioether (sulfide) groups is 1. The molecule has 9 heteroatoms. The maximum Gasteiger partial charge on any atom is 0.294 e. The van der Waals surface area contributed by atoms with Gasteiger partial charge in [0.2, 0.25) is 5.91 Å². The number of nitrogens with zero attached hydrogens (tertiary/aromatic N) is 1. The molecule has 0 spiro atoms. The van der Waals surface area contributed by atoms with Crippen molar-refractivity contribution in [1.82, 2.24) is 10.2 Å². The van der Waals surface area contributed by atoms with Gasteiger partial charge in [-0.15, -0.1) is 11.3 Å². The number of benzene rings is 1. The zero-order chi connectivity index (χ0) is 22.7. The van der Waals surface area contributed by atoms with Crippen molar-refractivity contribution in [2.45, 2.75) is 26.3 Å². The predicted molar refractivity (Wildman–Crippen MR) is 125 cm³/mol. The summed E-state index contributed by atoms with van der Waals surface area (Å²) in [5.41, 5.74) is 0.879. The first-order valence-electron chi connectivity index (χ1n) is 10.4. The van der Waals surface area contributed by atoms with E-state index in [1.165, 1.54) is 11.3 Å². The maximum atomic E-state index is 12.8. The second-order valence-electron chi connectivity index (χ2n) is 7.83. The molecule has 0 radical (unpaired) electrons. The number of hydrogen-bond donors (Lipinski definition) is 1. The SMILES string of the molecule is CC(C)C(NC(=O)CN1C(=O)SC(=Cc2cccs2)C1=O)c1ccc2c(c1)OCCCO2. The van der Waals surface area contributed by atoms with Crippen LogP contribution in [-0.4, -0.2) is 41.7 Å². The van der Waals surface area contributed by atoms with E-state index in [9.17, 15) is 14.4 Å². The second-order valence-corrected chi connectivity index (χ2v) is 9.80. The van der Waals surface area contributed by atoms with Crippen molar-refractivity contribution in [3.63, 3.8) is 0 Å². The highest BCUT2D eigenvalue weighted by Gasteiger charge is 2.36. The summed E-state index contributed by atoms with van der Waals surface area (Å²) in [7, 11) is 0. The highest BCUT2D eigenvalue weighted by atomic mass is 32.2. The summed E-state index contributed by atoms with van der Waals surface area (Å²) in [6.07, 6.45) is 2.50. The van der Waals surface area contributed by atoms with E-state index in [0.717, 1.165) is 33.5 Å². The van der Waals surface area contributed by atoms with Crippen molar-refractivity contribution in [2.24, 2.45) is 5.92 Å². The number of imide groups is 1. The minimum absolute atomic E-state index is 0.0809. The van der Waals surface area contributed by atoms with Crippen molar-refractivity contribution in [3.8, 4) is 11.5 Å². The topological polar surface area (TPSA) is 84.9 Å². The summed E-state index contributed by atoms with van der Waals surface area (Å²) in [6.45, 7) is 4.86. The first-order valence-corrected chi connectivity index (χ1v) is 12.1. The fourth-order valence-electron chi connectivity index (χ4n) is 3.51. The lowest BCUT2D eigenvalue weighted by Crippen LogP contribution is -2.41. The summed E-state index contributed by atoms with van der Waals surface area (Å²) >= 11 is 2.33. The number of thiophene rings is 1. The molecule has 4 rings (SSSR count). The van der Waals surface area contributed by atoms with Crippen LogP contribution in [0.1, 0.15) is 36.8 Å². The summed E-state index contributed by atoms with van der Waals surface area (Å²) in [5, 5.41) is 4.43. The molecule has 2 aliphatic rings. The van der Waals surface area contributed by atoms with Gasteiger partial charge in [0.05, 0.1) is 24.2 Å². The van der Waals surface area contributed by atoms with E-state index in [1.807, 2.05) is 49.6 Å². The molecule has 2 aliphatic heterocycles. The van der Waals surface area contributed by atoms with Crippen LogP contribution in [0.4, 0.5) is 4.79 Å². The van der Waals surface area contributed by atoms with Crippen LogP contribution in [0.25, 0.3) is 6.08 Å². The van der Waals surface area contributed by atoms with Crippen molar-refractivity contribution < 1.29 is 23.9 Å². The van der Waals surface area contributed by atoms with Crippen LogP contribution in [0.2, 0.25) is 0 Å². The molecule has 1 aromatic heterocycles. The first-order chi connectivity index (χ1) is 15.4. The van der Waals surface area contributed by atoms with Gasteiger partial charge >= 0.3 is 0 Å². The van der Waals surface area contributed by atoms with Crippen LogP contribution < -0.4 is 14.8 Å². The minimum atomic E-state index is -0.444. The predicted octanol–water partition coefficient (Wildman–Crippen LogP) is 4.46. The Kier molecular flexibility index (Phi) is 6.86.